The summed E-state index contributed by atoms with van der Waals surface area (Å²) in [6, 6.07) is 131. The van der Waals surface area contributed by atoms with Gasteiger partial charge in [-0.15, -0.1) is 0 Å². The van der Waals surface area contributed by atoms with Crippen molar-refractivity contribution in [2.75, 3.05) is 0 Å². The van der Waals surface area contributed by atoms with E-state index < -0.39 is 0 Å². The first-order valence-electron chi connectivity index (χ1n) is 36.9. The molecule has 19 rings (SSSR count). The lowest BCUT2D eigenvalue weighted by molar-refractivity contribution is 1.07. The summed E-state index contributed by atoms with van der Waals surface area (Å²) in [5.74, 6) is 4.32. The van der Waals surface area contributed by atoms with Crippen molar-refractivity contribution < 1.29 is 0 Å². The van der Waals surface area contributed by atoms with Crippen molar-refractivity contribution in [3.63, 3.8) is 0 Å². The van der Waals surface area contributed by atoms with Gasteiger partial charge in [0.2, 0.25) is 0 Å². The fourth-order valence-electron chi connectivity index (χ4n) is 13.4. The molecule has 0 aliphatic carbocycles. The molecule has 524 valence electrons. The average Bonchev–Trinajstić information content (AvgIpc) is 0.800. The van der Waals surface area contributed by atoms with Crippen LogP contribution in [0.25, 0.3) is 168 Å². The van der Waals surface area contributed by atoms with E-state index in [4.69, 9.17) is 39.9 Å². The molecule has 19 aromatic rings. The fourth-order valence-corrected chi connectivity index (χ4v) is 13.4. The van der Waals surface area contributed by atoms with Crippen molar-refractivity contribution in [1.82, 2.24) is 44.9 Å². The highest BCUT2D eigenvalue weighted by atomic mass is 15.0. The van der Waals surface area contributed by atoms with Gasteiger partial charge in [0.15, 0.2) is 34.9 Å². The van der Waals surface area contributed by atoms with E-state index >= 15 is 0 Å². The summed E-state index contributed by atoms with van der Waals surface area (Å²) in [6.07, 6.45) is 0. The normalized spacial score (nSPS) is 10.9. The van der Waals surface area contributed by atoms with Crippen LogP contribution in [0.1, 0.15) is 22.4 Å². The zero-order valence-electron chi connectivity index (χ0n) is 61.4. The maximum absolute atomic E-state index is 4.94. The van der Waals surface area contributed by atoms with Crippen LogP contribution in [0.5, 0.6) is 0 Å². The molecule has 0 aliphatic heterocycles. The zero-order valence-corrected chi connectivity index (χ0v) is 61.4. The lowest BCUT2D eigenvalue weighted by Gasteiger charge is -2.10. The maximum atomic E-state index is 4.94. The van der Waals surface area contributed by atoms with Crippen molar-refractivity contribution in [3.8, 4) is 125 Å². The predicted octanol–water partition coefficient (Wildman–Crippen LogP) is 25.5. The Bertz CT molecular complexity index is 6450. The van der Waals surface area contributed by atoms with E-state index in [1.54, 1.807) is 0 Å². The Hall–Kier alpha value is -14.4. The number of hydrogen-bond donors (Lipinski definition) is 0. The van der Waals surface area contributed by atoms with Crippen LogP contribution in [0.2, 0.25) is 0 Å². The minimum absolute atomic E-state index is 0.682. The maximum Gasteiger partial charge on any atom is 0.164 e. The SMILES string of the molecule is Cc1cc(-c2ccccc2)nc(-c2ccc3ccccc3c2)n1.Cc1ccc(-c2cc(-c3ccccc3)nc(-c3ccc4ccccc4c3)n2)cc1.Cc1cccc(-c2cc(-c3ccccc3)nc(-c3ccc4ccccc4c3)n2)c1.Cc1ccccc1-c1nc(-c2ccccc2)nc(-c2ccc3ccccc3c2)n1. The summed E-state index contributed by atoms with van der Waals surface area (Å²) in [6.45, 7) is 8.29. The first-order chi connectivity index (χ1) is 54.1. The van der Waals surface area contributed by atoms with Gasteiger partial charge in [-0.25, -0.2) is 44.9 Å². The first-order valence-corrected chi connectivity index (χ1v) is 36.9. The van der Waals surface area contributed by atoms with E-state index in [9.17, 15) is 0 Å². The highest BCUT2D eigenvalue weighted by molar-refractivity contribution is 5.90. The topological polar surface area (TPSA) is 116 Å². The van der Waals surface area contributed by atoms with E-state index in [1.165, 1.54) is 54.2 Å². The van der Waals surface area contributed by atoms with Crippen molar-refractivity contribution in [2.24, 2.45) is 0 Å². The van der Waals surface area contributed by atoms with E-state index in [1.807, 2.05) is 116 Å². The second-order valence-electron chi connectivity index (χ2n) is 27.2. The van der Waals surface area contributed by atoms with E-state index in [2.05, 4.69) is 299 Å². The summed E-state index contributed by atoms with van der Waals surface area (Å²) in [5, 5.41) is 9.62. The van der Waals surface area contributed by atoms with Crippen molar-refractivity contribution in [2.45, 2.75) is 27.7 Å². The summed E-state index contributed by atoms with van der Waals surface area (Å²) in [4.78, 5) is 43.5. The van der Waals surface area contributed by atoms with E-state index in [-0.39, 0.29) is 0 Å². The third kappa shape index (κ3) is 16.5. The molecule has 0 fully saturated rings. The Morgan fingerprint density at radius 2 is 0.445 bits per heavy atom. The molecular formula is C101H75N9. The van der Waals surface area contributed by atoms with Gasteiger partial charge in [-0.1, -0.05) is 345 Å². The van der Waals surface area contributed by atoms with Crippen LogP contribution in [0.4, 0.5) is 0 Å². The molecule has 0 N–H and O–H groups in total. The van der Waals surface area contributed by atoms with E-state index in [0.717, 1.165) is 118 Å². The Kier molecular flexibility index (Phi) is 20.7. The molecule has 15 aromatic carbocycles. The molecule has 110 heavy (non-hydrogen) atoms. The quantitative estimate of drug-likeness (QED) is 0.125. The van der Waals surface area contributed by atoms with Gasteiger partial charge in [-0.05, 0) is 125 Å². The number of hydrogen-bond acceptors (Lipinski definition) is 9. The molecule has 0 radical (unpaired) electrons. The summed E-state index contributed by atoms with van der Waals surface area (Å²) in [5.41, 5.74) is 20.8. The van der Waals surface area contributed by atoms with Gasteiger partial charge in [0, 0.05) is 66.9 Å². The summed E-state index contributed by atoms with van der Waals surface area (Å²) < 4.78 is 0. The third-order valence-electron chi connectivity index (χ3n) is 19.3. The van der Waals surface area contributed by atoms with Crippen LogP contribution in [-0.2, 0) is 0 Å². The van der Waals surface area contributed by atoms with Gasteiger partial charge in [-0.3, -0.25) is 0 Å². The largest absolute Gasteiger partial charge is 0.233 e. The van der Waals surface area contributed by atoms with Crippen LogP contribution in [0.3, 0.4) is 0 Å². The molecule has 0 spiro atoms. The molecule has 9 nitrogen and oxygen atoms in total. The standard InChI is InChI=1S/2C27H20N2.C26H19N3.C21H16N2/c1-19-8-7-13-23(16-19)26-18-25(21-10-3-2-4-11-21)28-27(29-26)24-15-14-20-9-5-6-12-22(20)17-24;1-19-11-13-22(14-12-19)26-18-25(21-8-3-2-4-9-21)28-27(29-26)24-16-15-20-7-5-6-10-23(20)17-24;1-18-9-5-8-14-23(18)26-28-24(20-11-3-2-4-12-20)27-25(29-26)22-16-15-19-10-6-7-13-21(19)17-22;1-15-13-20(17-8-3-2-4-9-17)23-21(22-15)19-12-11-16-7-5-6-10-18(16)14-19/h2*2-18H,1H3;2-17H,1H3;2-14H,1H3. The summed E-state index contributed by atoms with van der Waals surface area (Å²) in [7, 11) is 0. The number of nitrogens with zero attached hydrogens (tertiary/aromatic N) is 9. The monoisotopic (exact) mass is 1410 g/mol. The highest BCUT2D eigenvalue weighted by Gasteiger charge is 2.17. The highest BCUT2D eigenvalue weighted by Crippen LogP contribution is 2.34. The molecule has 0 amide bonds. The minimum Gasteiger partial charge on any atom is -0.233 e. The Morgan fingerprint density at radius 1 is 0.155 bits per heavy atom. The molecule has 0 atom stereocenters. The summed E-state index contributed by atoms with van der Waals surface area (Å²) >= 11 is 0. The Labute approximate surface area is 640 Å². The zero-order chi connectivity index (χ0) is 74.5. The second kappa shape index (κ2) is 32.5. The molecular weight excluding hydrogens is 1340 g/mol. The minimum atomic E-state index is 0.682. The van der Waals surface area contributed by atoms with Crippen LogP contribution >= 0.6 is 0 Å². The number of aryl methyl sites for hydroxylation is 4. The lowest BCUT2D eigenvalue weighted by atomic mass is 10.0. The van der Waals surface area contributed by atoms with Crippen molar-refractivity contribution in [3.05, 3.63) is 405 Å². The van der Waals surface area contributed by atoms with Gasteiger partial charge in [0.25, 0.3) is 0 Å². The third-order valence-corrected chi connectivity index (χ3v) is 19.3. The molecule has 0 unspecified atom stereocenters. The number of rotatable bonds is 11. The smallest absolute Gasteiger partial charge is 0.164 e. The molecule has 9 heteroatoms. The molecule has 4 heterocycles. The van der Waals surface area contributed by atoms with Crippen molar-refractivity contribution in [1.29, 1.82) is 0 Å². The van der Waals surface area contributed by atoms with Crippen LogP contribution in [-0.4, -0.2) is 44.9 Å². The number of fused-ring (bicyclic) bond motifs is 4. The van der Waals surface area contributed by atoms with Gasteiger partial charge in [0.05, 0.1) is 28.5 Å². The van der Waals surface area contributed by atoms with Gasteiger partial charge in [-0.2, -0.15) is 0 Å². The fraction of sp³-hybridized carbons (Fsp3) is 0.0396. The van der Waals surface area contributed by atoms with Crippen LogP contribution in [0, 0.1) is 27.7 Å². The molecule has 0 aliphatic rings. The molecule has 4 aromatic heterocycles. The Balaban J connectivity index is 0.000000112. The molecule has 0 bridgehead atoms. The Morgan fingerprint density at radius 3 is 0.845 bits per heavy atom. The van der Waals surface area contributed by atoms with Gasteiger partial charge >= 0.3 is 0 Å². The first kappa shape index (κ1) is 69.9. The van der Waals surface area contributed by atoms with Crippen LogP contribution < -0.4 is 0 Å². The van der Waals surface area contributed by atoms with E-state index in [0.29, 0.717) is 17.5 Å². The van der Waals surface area contributed by atoms with Crippen LogP contribution in [0.15, 0.2) is 382 Å². The van der Waals surface area contributed by atoms with Gasteiger partial charge < -0.3 is 0 Å². The number of benzene rings is 15. The number of aromatic nitrogens is 9. The molecule has 0 saturated heterocycles. The predicted molar refractivity (Wildman–Crippen MR) is 455 cm³/mol. The van der Waals surface area contributed by atoms with Gasteiger partial charge in [0.1, 0.15) is 0 Å². The van der Waals surface area contributed by atoms with Crippen molar-refractivity contribution >= 4 is 43.1 Å². The average molecular weight is 1410 g/mol. The lowest BCUT2D eigenvalue weighted by Crippen LogP contribution is -2.01. The molecule has 0 saturated carbocycles. The second-order valence-corrected chi connectivity index (χ2v) is 27.2.